The van der Waals surface area contributed by atoms with Crippen LogP contribution in [0.4, 0.5) is 24.9 Å². The highest BCUT2D eigenvalue weighted by Gasteiger charge is 2.38. The number of nitrogen functional groups attached to an aromatic ring is 1. The van der Waals surface area contributed by atoms with Crippen LogP contribution in [0.3, 0.4) is 0 Å². The van der Waals surface area contributed by atoms with Crippen molar-refractivity contribution in [2.24, 2.45) is 5.73 Å². The highest BCUT2D eigenvalue weighted by Crippen LogP contribution is 2.35. The molecule has 1 saturated heterocycles. The molecule has 1 aromatic carbocycles. The molecule has 0 bridgehead atoms. The molecule has 0 aliphatic carbocycles. The molecule has 3 aromatic rings. The third kappa shape index (κ3) is 4.62. The number of anilines is 2. The Morgan fingerprint density at radius 1 is 1.34 bits per heavy atom. The average molecular weight is 432 g/mol. The summed E-state index contributed by atoms with van der Waals surface area (Å²) in [5.74, 6) is -1.82. The molecule has 2 aromatic heterocycles. The van der Waals surface area contributed by atoms with Gasteiger partial charge in [-0.2, -0.15) is 18.2 Å². The van der Waals surface area contributed by atoms with E-state index < -0.39 is 12.1 Å². The number of aliphatic carboxylic acids is 1. The Morgan fingerprint density at radius 2 is 2.03 bits per heavy atom. The van der Waals surface area contributed by atoms with Gasteiger partial charge in [0, 0.05) is 29.5 Å². The van der Waals surface area contributed by atoms with Crippen LogP contribution in [-0.2, 0) is 4.79 Å². The fourth-order valence-electron chi connectivity index (χ4n) is 3.03. The molecule has 1 fully saturated rings. The van der Waals surface area contributed by atoms with Crippen LogP contribution >= 0.6 is 11.6 Å². The van der Waals surface area contributed by atoms with Gasteiger partial charge in [-0.15, -0.1) is 0 Å². The van der Waals surface area contributed by atoms with E-state index in [-0.39, 0.29) is 12.0 Å². The van der Waals surface area contributed by atoms with Gasteiger partial charge in [0.2, 0.25) is 5.95 Å². The van der Waals surface area contributed by atoms with Crippen molar-refractivity contribution in [3.8, 4) is 0 Å². The van der Waals surface area contributed by atoms with Crippen LogP contribution in [0.15, 0.2) is 22.6 Å². The summed E-state index contributed by atoms with van der Waals surface area (Å²) in [5.41, 5.74) is 14.0. The Balaban J connectivity index is 0.000000298. The molecule has 0 radical (unpaired) electrons. The molecule has 4 rings (SSSR count). The second-order valence-electron chi connectivity index (χ2n) is 6.48. The fraction of sp³-hybridized carbons (Fsp3) is 0.353. The number of nitrogens with two attached hydrogens (primary N) is 2. The van der Waals surface area contributed by atoms with Gasteiger partial charge in [0.05, 0.1) is 0 Å². The molecule has 0 saturated carbocycles. The number of aromatic nitrogens is 2. The van der Waals surface area contributed by atoms with E-state index in [1.54, 1.807) is 6.07 Å². The first-order valence-electron chi connectivity index (χ1n) is 8.52. The topological polar surface area (TPSA) is 132 Å². The zero-order chi connectivity index (χ0) is 21.3. The minimum atomic E-state index is -5.08. The summed E-state index contributed by atoms with van der Waals surface area (Å²) in [6.07, 6.45) is -3.03. The van der Waals surface area contributed by atoms with E-state index in [0.29, 0.717) is 21.9 Å². The molecular formula is C17H17ClF3N5O3. The number of furan rings is 1. The second kappa shape index (κ2) is 7.91. The van der Waals surface area contributed by atoms with E-state index >= 15 is 0 Å². The molecule has 29 heavy (non-hydrogen) atoms. The summed E-state index contributed by atoms with van der Waals surface area (Å²) in [7, 11) is 0. The largest absolute Gasteiger partial charge is 0.490 e. The van der Waals surface area contributed by atoms with Gasteiger partial charge >= 0.3 is 12.1 Å². The number of hydrogen-bond donors (Lipinski definition) is 3. The standard InChI is InChI=1S/C15H16ClN5O.C2HF3O2/c16-8-3-4-11-10(6-8)12-13(22-11)14(20-15(18)19-12)21-5-1-2-9(17)7-21;3-2(4,5)1(6)7/h3-4,6,9H,1-2,5,7,17H2,(H2,18,19,20);(H,6,7)/t9-;/m0./s1. The number of carbonyl (C=O) groups is 1. The molecule has 5 N–H and O–H groups in total. The number of nitrogens with zero attached hydrogens (tertiary/aromatic N) is 3. The number of carboxylic acids is 1. The quantitative estimate of drug-likeness (QED) is 0.535. The first-order valence-corrected chi connectivity index (χ1v) is 8.90. The van der Waals surface area contributed by atoms with Gasteiger partial charge in [0.15, 0.2) is 11.4 Å². The molecule has 1 aliphatic heterocycles. The Hall–Kier alpha value is -2.79. The van der Waals surface area contributed by atoms with Crippen molar-refractivity contribution in [3.05, 3.63) is 23.2 Å². The molecule has 1 atom stereocenters. The van der Waals surface area contributed by atoms with E-state index in [1.807, 2.05) is 12.1 Å². The van der Waals surface area contributed by atoms with Crippen LogP contribution in [0.25, 0.3) is 22.1 Å². The highest BCUT2D eigenvalue weighted by atomic mass is 35.5. The van der Waals surface area contributed by atoms with Crippen molar-refractivity contribution >= 4 is 51.4 Å². The first-order chi connectivity index (χ1) is 13.6. The average Bonchev–Trinajstić information content (AvgIpc) is 2.98. The highest BCUT2D eigenvalue weighted by molar-refractivity contribution is 6.31. The number of halogens is 4. The molecular weight excluding hydrogens is 415 g/mol. The molecule has 1 aliphatic rings. The number of rotatable bonds is 1. The minimum Gasteiger partial charge on any atom is -0.475 e. The van der Waals surface area contributed by atoms with Gasteiger partial charge in [-0.1, -0.05) is 11.6 Å². The molecule has 0 amide bonds. The SMILES string of the molecule is Nc1nc(N2CCC[C@H](N)C2)c2oc3ccc(Cl)cc3c2n1.O=C(O)C(F)(F)F. The second-order valence-corrected chi connectivity index (χ2v) is 6.91. The summed E-state index contributed by atoms with van der Waals surface area (Å²) >= 11 is 6.08. The van der Waals surface area contributed by atoms with Gasteiger partial charge in [0.1, 0.15) is 11.1 Å². The van der Waals surface area contributed by atoms with Crippen LogP contribution in [0.1, 0.15) is 12.8 Å². The van der Waals surface area contributed by atoms with Crippen molar-refractivity contribution in [3.63, 3.8) is 0 Å². The lowest BCUT2D eigenvalue weighted by atomic mass is 10.1. The van der Waals surface area contributed by atoms with E-state index in [1.165, 1.54) is 0 Å². The van der Waals surface area contributed by atoms with E-state index in [0.717, 1.165) is 36.9 Å². The zero-order valence-corrected chi connectivity index (χ0v) is 15.7. The fourth-order valence-corrected chi connectivity index (χ4v) is 3.21. The summed E-state index contributed by atoms with van der Waals surface area (Å²) < 4.78 is 37.7. The van der Waals surface area contributed by atoms with E-state index in [4.69, 9.17) is 37.4 Å². The van der Waals surface area contributed by atoms with Gasteiger partial charge in [-0.05, 0) is 31.0 Å². The van der Waals surface area contributed by atoms with Crippen molar-refractivity contribution < 1.29 is 27.5 Å². The molecule has 0 unspecified atom stereocenters. The van der Waals surface area contributed by atoms with Crippen molar-refractivity contribution in [1.82, 2.24) is 9.97 Å². The molecule has 156 valence electrons. The van der Waals surface area contributed by atoms with Gasteiger partial charge in [-0.25, -0.2) is 9.78 Å². The van der Waals surface area contributed by atoms with Crippen LogP contribution in [0.5, 0.6) is 0 Å². The zero-order valence-electron chi connectivity index (χ0n) is 14.9. The Morgan fingerprint density at radius 3 is 2.66 bits per heavy atom. The number of alkyl halides is 3. The van der Waals surface area contributed by atoms with Crippen molar-refractivity contribution in [2.45, 2.75) is 25.1 Å². The third-order valence-electron chi connectivity index (χ3n) is 4.27. The van der Waals surface area contributed by atoms with Crippen LogP contribution < -0.4 is 16.4 Å². The van der Waals surface area contributed by atoms with Gasteiger partial charge < -0.3 is 25.9 Å². The maximum Gasteiger partial charge on any atom is 0.490 e. The van der Waals surface area contributed by atoms with Crippen molar-refractivity contribution in [2.75, 3.05) is 23.7 Å². The summed E-state index contributed by atoms with van der Waals surface area (Å²) in [4.78, 5) is 19.7. The number of fused-ring (bicyclic) bond motifs is 3. The van der Waals surface area contributed by atoms with Crippen LogP contribution in [0.2, 0.25) is 5.02 Å². The lowest BCUT2D eigenvalue weighted by Gasteiger charge is -2.31. The lowest BCUT2D eigenvalue weighted by molar-refractivity contribution is -0.192. The number of piperidine rings is 1. The van der Waals surface area contributed by atoms with Gasteiger partial charge in [-0.3, -0.25) is 0 Å². The number of benzene rings is 1. The summed E-state index contributed by atoms with van der Waals surface area (Å²) in [5, 5.41) is 8.60. The summed E-state index contributed by atoms with van der Waals surface area (Å²) in [6.45, 7) is 1.63. The van der Waals surface area contributed by atoms with E-state index in [2.05, 4.69) is 14.9 Å². The summed E-state index contributed by atoms with van der Waals surface area (Å²) in [6, 6.07) is 5.60. The molecule has 0 spiro atoms. The first kappa shape index (κ1) is 20.9. The molecule has 12 heteroatoms. The monoisotopic (exact) mass is 431 g/mol. The van der Waals surface area contributed by atoms with Crippen LogP contribution in [-0.4, -0.2) is 46.4 Å². The van der Waals surface area contributed by atoms with E-state index in [9.17, 15) is 13.2 Å². The van der Waals surface area contributed by atoms with Gasteiger partial charge in [0.25, 0.3) is 0 Å². The smallest absolute Gasteiger partial charge is 0.475 e. The van der Waals surface area contributed by atoms with Crippen LogP contribution in [0, 0.1) is 0 Å². The maximum absolute atomic E-state index is 10.6. The predicted molar refractivity (Wildman–Crippen MR) is 102 cm³/mol. The number of carboxylic acid groups (broad SMARTS) is 1. The molecule has 8 nitrogen and oxygen atoms in total. The number of hydrogen-bond acceptors (Lipinski definition) is 7. The predicted octanol–water partition coefficient (Wildman–Crippen LogP) is 3.17. The maximum atomic E-state index is 10.6. The lowest BCUT2D eigenvalue weighted by Crippen LogP contribution is -2.43. The Labute approximate surface area is 167 Å². The Kier molecular flexibility index (Phi) is 5.71. The third-order valence-corrected chi connectivity index (χ3v) is 4.51. The minimum absolute atomic E-state index is 0.138. The molecule has 3 heterocycles. The normalized spacial score (nSPS) is 17.3. The Bertz CT molecular complexity index is 1060. The van der Waals surface area contributed by atoms with Crippen molar-refractivity contribution in [1.29, 1.82) is 0 Å².